The van der Waals surface area contributed by atoms with E-state index in [-0.39, 0.29) is 11.4 Å². The molecule has 0 saturated carbocycles. The molecule has 0 aliphatic carbocycles. The van der Waals surface area contributed by atoms with Crippen molar-refractivity contribution in [3.63, 3.8) is 0 Å². The fourth-order valence-corrected chi connectivity index (χ4v) is 4.08. The first-order chi connectivity index (χ1) is 16.7. The van der Waals surface area contributed by atoms with Crippen LogP contribution in [0.2, 0.25) is 0 Å². The van der Waals surface area contributed by atoms with E-state index in [1.54, 1.807) is 35.2 Å². The molecular formula is C23H19F2N5O4S. The molecule has 0 saturated heterocycles. The van der Waals surface area contributed by atoms with Crippen LogP contribution in [-0.2, 0) is 9.84 Å². The number of anilines is 1. The Hall–Kier alpha value is -4.19. The summed E-state index contributed by atoms with van der Waals surface area (Å²) in [5, 5.41) is 10.7. The van der Waals surface area contributed by atoms with Crippen molar-refractivity contribution in [1.82, 2.24) is 19.7 Å². The number of carbonyl (C=O) groups is 1. The number of hydrogen-bond acceptors (Lipinski definition) is 7. The van der Waals surface area contributed by atoms with Gasteiger partial charge < -0.3 is 10.1 Å². The molecule has 4 rings (SSSR count). The van der Waals surface area contributed by atoms with E-state index in [4.69, 9.17) is 4.74 Å². The summed E-state index contributed by atoms with van der Waals surface area (Å²) in [7, 11) is -4.94. The Labute approximate surface area is 199 Å². The number of alkyl halides is 2. The maximum absolute atomic E-state index is 13.0. The van der Waals surface area contributed by atoms with E-state index < -0.39 is 26.4 Å². The molecule has 0 unspecified atom stereocenters. The van der Waals surface area contributed by atoms with Gasteiger partial charge in [0.2, 0.25) is 15.7 Å². The first-order valence-electron chi connectivity index (χ1n) is 10.2. The fourth-order valence-electron chi connectivity index (χ4n) is 3.15. The largest absolute Gasteiger partial charge is 0.438 e. The zero-order chi connectivity index (χ0) is 25.2. The van der Waals surface area contributed by atoms with Gasteiger partial charge in [0.1, 0.15) is 12.1 Å². The number of benzene rings is 2. The van der Waals surface area contributed by atoms with Gasteiger partial charge in [0.25, 0.3) is 5.91 Å². The molecule has 0 bridgehead atoms. The average Bonchev–Trinajstić information content (AvgIpc) is 3.18. The van der Waals surface area contributed by atoms with Crippen LogP contribution >= 0.6 is 0 Å². The van der Waals surface area contributed by atoms with Crippen molar-refractivity contribution in [3.05, 3.63) is 83.9 Å². The van der Waals surface area contributed by atoms with Crippen LogP contribution in [0.25, 0.3) is 5.82 Å². The monoisotopic (exact) mass is 499 g/mol. The van der Waals surface area contributed by atoms with Crippen LogP contribution < -0.4 is 10.1 Å². The summed E-state index contributed by atoms with van der Waals surface area (Å²) in [4.78, 5) is 16.1. The van der Waals surface area contributed by atoms with Gasteiger partial charge in [-0.25, -0.2) is 13.4 Å². The van der Waals surface area contributed by atoms with Gasteiger partial charge in [-0.3, -0.25) is 9.36 Å². The van der Waals surface area contributed by atoms with Gasteiger partial charge in [0.15, 0.2) is 5.82 Å². The highest BCUT2D eigenvalue weighted by molar-refractivity contribution is 7.91. The maximum atomic E-state index is 13.0. The second-order valence-electron chi connectivity index (χ2n) is 7.40. The minimum atomic E-state index is -4.94. The normalized spacial score (nSPS) is 11.5. The fraction of sp³-hybridized carbons (Fsp3) is 0.130. The van der Waals surface area contributed by atoms with Crippen molar-refractivity contribution >= 4 is 21.4 Å². The molecule has 1 N–H and O–H groups in total. The number of amides is 1. The molecule has 0 radical (unpaired) electrons. The summed E-state index contributed by atoms with van der Waals surface area (Å²) in [5.41, 5.74) is 1.75. The van der Waals surface area contributed by atoms with Crippen molar-refractivity contribution < 1.29 is 26.7 Å². The van der Waals surface area contributed by atoms with Crippen molar-refractivity contribution in [2.24, 2.45) is 0 Å². The molecule has 0 aliphatic rings. The molecule has 2 aromatic carbocycles. The molecular weight excluding hydrogens is 480 g/mol. The molecule has 0 fully saturated rings. The van der Waals surface area contributed by atoms with Crippen molar-refractivity contribution in [2.45, 2.75) is 24.5 Å². The van der Waals surface area contributed by atoms with E-state index in [1.807, 2.05) is 13.8 Å². The van der Waals surface area contributed by atoms with Gasteiger partial charge in [-0.05, 0) is 56.3 Å². The smallest absolute Gasteiger partial charge is 0.341 e. The number of imidazole rings is 1. The van der Waals surface area contributed by atoms with E-state index in [9.17, 15) is 22.0 Å². The Balaban J connectivity index is 1.45. The molecule has 2 heterocycles. The standard InChI is InChI=1S/C23H19F2N5O4S/c1-14-15(2)30(13-26-14)20-11-12-21(29-28-20)34-17-9-7-16(8-10-17)27-22(31)18-5-3-4-6-19(18)35(32,33)23(24)25/h3-13,23H,1-2H3,(H,27,31). The molecule has 0 atom stereocenters. The van der Waals surface area contributed by atoms with E-state index in [0.717, 1.165) is 23.5 Å². The molecule has 12 heteroatoms. The number of hydrogen-bond donors (Lipinski definition) is 1. The second-order valence-corrected chi connectivity index (χ2v) is 9.28. The van der Waals surface area contributed by atoms with Crippen LogP contribution in [0, 0.1) is 13.8 Å². The Morgan fingerprint density at radius 3 is 2.31 bits per heavy atom. The highest BCUT2D eigenvalue weighted by Crippen LogP contribution is 2.25. The van der Waals surface area contributed by atoms with Crippen LogP contribution in [0.1, 0.15) is 21.7 Å². The number of rotatable bonds is 7. The zero-order valence-electron chi connectivity index (χ0n) is 18.5. The summed E-state index contributed by atoms with van der Waals surface area (Å²) in [6.45, 7) is 3.82. The molecule has 4 aromatic rings. The molecule has 1 amide bonds. The number of nitrogens with one attached hydrogen (secondary N) is 1. The number of nitrogens with zero attached hydrogens (tertiary/aromatic N) is 4. The lowest BCUT2D eigenvalue weighted by atomic mass is 10.2. The highest BCUT2D eigenvalue weighted by atomic mass is 32.2. The van der Waals surface area contributed by atoms with E-state index in [2.05, 4.69) is 20.5 Å². The molecule has 0 aliphatic heterocycles. The van der Waals surface area contributed by atoms with Crippen LogP contribution in [0.5, 0.6) is 11.6 Å². The predicted octanol–water partition coefficient (Wildman–Crippen LogP) is 4.32. The Kier molecular flexibility index (Phi) is 6.56. The molecule has 9 nitrogen and oxygen atoms in total. The van der Waals surface area contributed by atoms with Gasteiger partial charge >= 0.3 is 5.76 Å². The Morgan fingerprint density at radius 1 is 1.00 bits per heavy atom. The van der Waals surface area contributed by atoms with Gasteiger partial charge in [-0.1, -0.05) is 12.1 Å². The van der Waals surface area contributed by atoms with Gasteiger partial charge in [-0.2, -0.15) is 8.78 Å². The van der Waals surface area contributed by atoms with E-state index in [1.165, 1.54) is 24.3 Å². The molecule has 35 heavy (non-hydrogen) atoms. The molecule has 0 spiro atoms. The van der Waals surface area contributed by atoms with Gasteiger partial charge in [0, 0.05) is 17.4 Å². The van der Waals surface area contributed by atoms with Crippen molar-refractivity contribution in [1.29, 1.82) is 0 Å². The number of aromatic nitrogens is 4. The number of ether oxygens (including phenoxy) is 1. The van der Waals surface area contributed by atoms with Gasteiger partial charge in [0.05, 0.1) is 16.2 Å². The van der Waals surface area contributed by atoms with Crippen LogP contribution in [0.3, 0.4) is 0 Å². The number of aryl methyl sites for hydroxylation is 1. The lowest BCUT2D eigenvalue weighted by Gasteiger charge is -2.11. The quantitative estimate of drug-likeness (QED) is 0.403. The maximum Gasteiger partial charge on any atom is 0.341 e. The lowest BCUT2D eigenvalue weighted by Crippen LogP contribution is -2.19. The molecule has 180 valence electrons. The van der Waals surface area contributed by atoms with Crippen molar-refractivity contribution in [2.75, 3.05) is 5.32 Å². The SMILES string of the molecule is Cc1ncn(-c2ccc(Oc3ccc(NC(=O)c4ccccc4S(=O)(=O)C(F)F)cc3)nn2)c1C. The summed E-state index contributed by atoms with van der Waals surface area (Å²) in [5.74, 6) is -3.25. The Bertz CT molecular complexity index is 1470. The van der Waals surface area contributed by atoms with Gasteiger partial charge in [-0.15, -0.1) is 10.2 Å². The average molecular weight is 499 g/mol. The van der Waals surface area contributed by atoms with Crippen LogP contribution in [0.4, 0.5) is 14.5 Å². The summed E-state index contributed by atoms with van der Waals surface area (Å²) in [6.07, 6.45) is 1.66. The minimum Gasteiger partial charge on any atom is -0.438 e. The van der Waals surface area contributed by atoms with Crippen LogP contribution in [-0.4, -0.2) is 39.8 Å². The first kappa shape index (κ1) is 24.0. The van der Waals surface area contributed by atoms with E-state index in [0.29, 0.717) is 17.3 Å². The summed E-state index contributed by atoms with van der Waals surface area (Å²) >= 11 is 0. The lowest BCUT2D eigenvalue weighted by molar-refractivity contribution is 0.102. The first-order valence-corrected chi connectivity index (χ1v) is 11.8. The number of carbonyl (C=O) groups excluding carboxylic acids is 1. The topological polar surface area (TPSA) is 116 Å². The molecule has 2 aromatic heterocycles. The zero-order valence-corrected chi connectivity index (χ0v) is 19.3. The third kappa shape index (κ3) is 5.01. The van der Waals surface area contributed by atoms with E-state index >= 15 is 0 Å². The minimum absolute atomic E-state index is 0.242. The van der Waals surface area contributed by atoms with Crippen molar-refractivity contribution in [3.8, 4) is 17.4 Å². The third-order valence-electron chi connectivity index (χ3n) is 5.13. The second kappa shape index (κ2) is 9.58. The third-order valence-corrected chi connectivity index (χ3v) is 6.57. The van der Waals surface area contributed by atoms with Crippen LogP contribution in [0.15, 0.2) is 71.9 Å². The summed E-state index contributed by atoms with van der Waals surface area (Å²) < 4.78 is 57.2. The summed E-state index contributed by atoms with van der Waals surface area (Å²) in [6, 6.07) is 14.3. The highest BCUT2D eigenvalue weighted by Gasteiger charge is 2.30. The number of sulfone groups is 1. The predicted molar refractivity (Wildman–Crippen MR) is 123 cm³/mol. The number of halogens is 2. The Morgan fingerprint density at radius 2 is 1.71 bits per heavy atom.